The predicted octanol–water partition coefficient (Wildman–Crippen LogP) is 3.31. The normalized spacial score (nSPS) is 12.1. The second-order valence-electron chi connectivity index (χ2n) is 4.70. The number of halogens is 1. The first-order chi connectivity index (χ1) is 9.43. The minimum absolute atomic E-state index is 0.0170. The second kappa shape index (κ2) is 7.90. The van der Waals surface area contributed by atoms with Crippen molar-refractivity contribution < 1.29 is 19.1 Å². The van der Waals surface area contributed by atoms with Crippen LogP contribution in [0.4, 0.5) is 0 Å². The van der Waals surface area contributed by atoms with Gasteiger partial charge in [0.15, 0.2) is 5.56 Å². The molecule has 0 aliphatic carbocycles. The smallest absolute Gasteiger partial charge is 0.311 e. The van der Waals surface area contributed by atoms with Crippen LogP contribution in [0.3, 0.4) is 0 Å². The molecule has 0 N–H and O–H groups in total. The Morgan fingerprint density at radius 2 is 1.85 bits per heavy atom. The number of hydrogen-bond donors (Lipinski definition) is 0. The van der Waals surface area contributed by atoms with Gasteiger partial charge in [0.05, 0.1) is 6.42 Å². The third kappa shape index (κ3) is 5.21. The number of carbonyl (C=O) groups is 2. The first-order valence-corrected chi connectivity index (χ1v) is 6.99. The quantitative estimate of drug-likeness (QED) is 0.459. The van der Waals surface area contributed by atoms with Gasteiger partial charge in [0, 0.05) is 17.9 Å². The molecule has 0 radical (unpaired) electrons. The minimum Gasteiger partial charge on any atom is -0.445 e. The molecule has 0 spiro atoms. The van der Waals surface area contributed by atoms with Gasteiger partial charge < -0.3 is 9.47 Å². The average Bonchev–Trinajstić information content (AvgIpc) is 2.40. The third-order valence-electron chi connectivity index (χ3n) is 2.59. The van der Waals surface area contributed by atoms with Gasteiger partial charge in [0.1, 0.15) is 5.75 Å². The SMILES string of the molecule is CCC(=O)Oc1ccccc1CC(=O)OC(Cl)C(C)C. The van der Waals surface area contributed by atoms with Crippen molar-refractivity contribution in [3.05, 3.63) is 29.8 Å². The van der Waals surface area contributed by atoms with Crippen molar-refractivity contribution in [2.24, 2.45) is 5.92 Å². The van der Waals surface area contributed by atoms with Crippen molar-refractivity contribution in [3.8, 4) is 5.75 Å². The number of esters is 2. The zero-order valence-corrected chi connectivity index (χ0v) is 12.6. The van der Waals surface area contributed by atoms with E-state index in [-0.39, 0.29) is 24.7 Å². The monoisotopic (exact) mass is 298 g/mol. The molecule has 5 heteroatoms. The lowest BCUT2D eigenvalue weighted by molar-refractivity contribution is -0.146. The summed E-state index contributed by atoms with van der Waals surface area (Å²) >= 11 is 5.89. The van der Waals surface area contributed by atoms with Crippen LogP contribution in [-0.4, -0.2) is 17.5 Å². The molecule has 0 saturated carbocycles. The molecule has 110 valence electrons. The van der Waals surface area contributed by atoms with Gasteiger partial charge in [0.25, 0.3) is 0 Å². The number of ether oxygens (including phenoxy) is 2. The van der Waals surface area contributed by atoms with Crippen LogP contribution in [-0.2, 0) is 20.7 Å². The van der Waals surface area contributed by atoms with Gasteiger partial charge in [0.2, 0.25) is 0 Å². The first kappa shape index (κ1) is 16.5. The summed E-state index contributed by atoms with van der Waals surface area (Å²) in [5.74, 6) is -0.373. The van der Waals surface area contributed by atoms with Crippen LogP contribution in [0.5, 0.6) is 5.75 Å². The van der Waals surface area contributed by atoms with Gasteiger partial charge in [-0.3, -0.25) is 9.59 Å². The van der Waals surface area contributed by atoms with Crippen molar-refractivity contribution in [3.63, 3.8) is 0 Å². The Balaban J connectivity index is 2.72. The Labute approximate surface area is 124 Å². The van der Waals surface area contributed by atoms with Crippen LogP contribution in [0, 0.1) is 5.92 Å². The highest BCUT2D eigenvalue weighted by molar-refractivity contribution is 6.20. The third-order valence-corrected chi connectivity index (χ3v) is 3.18. The van der Waals surface area contributed by atoms with Crippen LogP contribution >= 0.6 is 11.6 Å². The largest absolute Gasteiger partial charge is 0.445 e. The molecule has 20 heavy (non-hydrogen) atoms. The lowest BCUT2D eigenvalue weighted by Gasteiger charge is -2.15. The standard InChI is InChI=1S/C15H19ClO4/c1-4-13(17)19-12-8-6-5-7-11(12)9-14(18)20-15(16)10(2)3/h5-8,10,15H,4,9H2,1-3H3. The summed E-state index contributed by atoms with van der Waals surface area (Å²) in [6, 6.07) is 6.88. The van der Waals surface area contributed by atoms with E-state index in [1.165, 1.54) is 0 Å². The summed E-state index contributed by atoms with van der Waals surface area (Å²) in [5.41, 5.74) is -0.0558. The van der Waals surface area contributed by atoms with E-state index in [2.05, 4.69) is 0 Å². The summed E-state index contributed by atoms with van der Waals surface area (Å²) in [5, 5.41) is 0. The van der Waals surface area contributed by atoms with Gasteiger partial charge in [-0.05, 0) is 6.07 Å². The molecular formula is C15H19ClO4. The fourth-order valence-corrected chi connectivity index (χ4v) is 1.50. The molecule has 0 bridgehead atoms. The maximum atomic E-state index is 11.8. The van der Waals surface area contributed by atoms with E-state index in [1.54, 1.807) is 31.2 Å². The van der Waals surface area contributed by atoms with Gasteiger partial charge in [-0.15, -0.1) is 0 Å². The molecular weight excluding hydrogens is 280 g/mol. The molecule has 4 nitrogen and oxygen atoms in total. The van der Waals surface area contributed by atoms with Gasteiger partial charge in [-0.2, -0.15) is 0 Å². The maximum absolute atomic E-state index is 11.8. The Morgan fingerprint density at radius 1 is 1.20 bits per heavy atom. The van der Waals surface area contributed by atoms with Crippen molar-refractivity contribution in [2.45, 2.75) is 39.2 Å². The highest BCUT2D eigenvalue weighted by atomic mass is 35.5. The summed E-state index contributed by atoms with van der Waals surface area (Å²) in [7, 11) is 0. The van der Waals surface area contributed by atoms with E-state index in [0.29, 0.717) is 11.3 Å². The summed E-state index contributed by atoms with van der Waals surface area (Å²) in [4.78, 5) is 23.1. The van der Waals surface area contributed by atoms with Crippen molar-refractivity contribution in [1.29, 1.82) is 0 Å². The average molecular weight is 299 g/mol. The zero-order chi connectivity index (χ0) is 15.1. The van der Waals surface area contributed by atoms with E-state index < -0.39 is 11.5 Å². The van der Waals surface area contributed by atoms with Crippen LogP contribution in [0.25, 0.3) is 0 Å². The molecule has 1 rings (SSSR count). The van der Waals surface area contributed by atoms with Crippen LogP contribution in [0.2, 0.25) is 0 Å². The Bertz CT molecular complexity index is 471. The van der Waals surface area contributed by atoms with Gasteiger partial charge in [-0.1, -0.05) is 50.6 Å². The number of hydrogen-bond acceptors (Lipinski definition) is 4. The fourth-order valence-electron chi connectivity index (χ4n) is 1.40. The van der Waals surface area contributed by atoms with E-state index in [4.69, 9.17) is 21.1 Å². The van der Waals surface area contributed by atoms with Crippen LogP contribution < -0.4 is 4.74 Å². The first-order valence-electron chi connectivity index (χ1n) is 6.56. The Hall–Kier alpha value is -1.55. The van der Waals surface area contributed by atoms with Crippen molar-refractivity contribution >= 4 is 23.5 Å². The number of alkyl halides is 1. The maximum Gasteiger partial charge on any atom is 0.311 e. The van der Waals surface area contributed by atoms with Gasteiger partial charge in [-0.25, -0.2) is 0 Å². The lowest BCUT2D eigenvalue weighted by Crippen LogP contribution is -2.19. The van der Waals surface area contributed by atoms with E-state index >= 15 is 0 Å². The number of carbonyl (C=O) groups excluding carboxylic acids is 2. The molecule has 0 saturated heterocycles. The molecule has 0 aliphatic rings. The molecule has 0 fully saturated rings. The highest BCUT2D eigenvalue weighted by Crippen LogP contribution is 2.20. The molecule has 1 aromatic rings. The number of para-hydroxylation sites is 1. The number of benzene rings is 1. The van der Waals surface area contributed by atoms with Crippen molar-refractivity contribution in [2.75, 3.05) is 0 Å². The topological polar surface area (TPSA) is 52.6 Å². The summed E-state index contributed by atoms with van der Waals surface area (Å²) in [6.07, 6.45) is 0.291. The molecule has 1 aromatic carbocycles. The van der Waals surface area contributed by atoms with Gasteiger partial charge >= 0.3 is 11.9 Å². The Morgan fingerprint density at radius 3 is 2.45 bits per heavy atom. The molecule has 0 aromatic heterocycles. The lowest BCUT2D eigenvalue weighted by atomic mass is 10.1. The highest BCUT2D eigenvalue weighted by Gasteiger charge is 2.17. The van der Waals surface area contributed by atoms with E-state index in [1.807, 2.05) is 13.8 Å². The van der Waals surface area contributed by atoms with E-state index in [9.17, 15) is 9.59 Å². The molecule has 0 amide bonds. The molecule has 0 heterocycles. The predicted molar refractivity (Wildman–Crippen MR) is 76.6 cm³/mol. The second-order valence-corrected chi connectivity index (χ2v) is 5.13. The summed E-state index contributed by atoms with van der Waals surface area (Å²) in [6.45, 7) is 5.43. The zero-order valence-electron chi connectivity index (χ0n) is 11.9. The molecule has 1 unspecified atom stereocenters. The summed E-state index contributed by atoms with van der Waals surface area (Å²) < 4.78 is 10.3. The van der Waals surface area contributed by atoms with Crippen molar-refractivity contribution in [1.82, 2.24) is 0 Å². The minimum atomic E-state index is -0.659. The van der Waals surface area contributed by atoms with Crippen LogP contribution in [0.15, 0.2) is 24.3 Å². The number of rotatable bonds is 6. The van der Waals surface area contributed by atoms with Crippen LogP contribution in [0.1, 0.15) is 32.8 Å². The fraction of sp³-hybridized carbons (Fsp3) is 0.467. The van der Waals surface area contributed by atoms with E-state index in [0.717, 1.165) is 0 Å². The molecule has 0 aliphatic heterocycles. The molecule has 1 atom stereocenters. The Kier molecular flexibility index (Phi) is 6.52.